The lowest BCUT2D eigenvalue weighted by Gasteiger charge is -2.15. The Kier molecular flexibility index (Phi) is 14.5. The molecule has 0 atom stereocenters. The summed E-state index contributed by atoms with van der Waals surface area (Å²) in [6, 6.07) is 8.34. The predicted octanol–water partition coefficient (Wildman–Crippen LogP) is 5.75. The molecule has 0 radical (unpaired) electrons. The Hall–Kier alpha value is -2.04. The molecule has 3 N–H and O–H groups in total. The van der Waals surface area contributed by atoms with Crippen molar-refractivity contribution in [3.63, 3.8) is 0 Å². The van der Waals surface area contributed by atoms with Crippen LogP contribution in [0.25, 0.3) is 0 Å². The Morgan fingerprint density at radius 3 is 1.93 bits per heavy atom. The number of rotatable bonds is 12. The highest BCUT2D eigenvalue weighted by atomic mass is 16.4. The maximum atomic E-state index is 12.3. The third-order valence-corrected chi connectivity index (χ3v) is 5.48. The SMILES string of the molecule is CCCCCCCCCCCCc1ccc(C(=O)N2CCCC2)cc1.N/C=N\O. The smallest absolute Gasteiger partial charge is 0.253 e. The number of hydrogen-bond acceptors (Lipinski definition) is 3. The molecule has 1 aromatic carbocycles. The summed E-state index contributed by atoms with van der Waals surface area (Å²) < 4.78 is 0. The average molecular weight is 404 g/mol. The second-order valence-corrected chi connectivity index (χ2v) is 7.89. The molecule has 1 amide bonds. The van der Waals surface area contributed by atoms with Gasteiger partial charge in [0, 0.05) is 18.7 Å². The first-order valence-electron chi connectivity index (χ1n) is 11.5. The van der Waals surface area contributed by atoms with E-state index in [0.29, 0.717) is 0 Å². The first-order chi connectivity index (χ1) is 14.2. The van der Waals surface area contributed by atoms with Crippen LogP contribution in [0, 0.1) is 0 Å². The van der Waals surface area contributed by atoms with Crippen molar-refractivity contribution in [2.75, 3.05) is 13.1 Å². The summed E-state index contributed by atoms with van der Waals surface area (Å²) in [5.41, 5.74) is 6.71. The van der Waals surface area contributed by atoms with Crippen LogP contribution in [0.4, 0.5) is 0 Å². The van der Waals surface area contributed by atoms with E-state index < -0.39 is 0 Å². The Morgan fingerprint density at radius 2 is 1.45 bits per heavy atom. The highest BCUT2D eigenvalue weighted by Gasteiger charge is 2.18. The second-order valence-electron chi connectivity index (χ2n) is 7.89. The quantitative estimate of drug-likeness (QED) is 0.153. The summed E-state index contributed by atoms with van der Waals surface area (Å²) in [5, 5.41) is 9.71. The predicted molar refractivity (Wildman–Crippen MR) is 122 cm³/mol. The maximum Gasteiger partial charge on any atom is 0.253 e. The van der Waals surface area contributed by atoms with Crippen molar-refractivity contribution in [1.82, 2.24) is 4.90 Å². The number of aryl methyl sites for hydroxylation is 1. The second kappa shape index (κ2) is 16.9. The molecule has 5 nitrogen and oxygen atoms in total. The lowest BCUT2D eigenvalue weighted by Crippen LogP contribution is -2.27. The summed E-state index contributed by atoms with van der Waals surface area (Å²) in [7, 11) is 0. The number of likely N-dealkylation sites (tertiary alicyclic amines) is 1. The molecule has 1 fully saturated rings. The van der Waals surface area contributed by atoms with Crippen LogP contribution in [0.15, 0.2) is 29.4 Å². The van der Waals surface area contributed by atoms with Crippen LogP contribution in [0.5, 0.6) is 0 Å². The fourth-order valence-corrected chi connectivity index (χ4v) is 3.73. The number of unbranched alkanes of at least 4 members (excludes halogenated alkanes) is 9. The van der Waals surface area contributed by atoms with E-state index in [4.69, 9.17) is 5.21 Å². The topological polar surface area (TPSA) is 78.9 Å². The van der Waals surface area contributed by atoms with E-state index in [2.05, 4.69) is 29.9 Å². The minimum absolute atomic E-state index is 0.211. The highest BCUT2D eigenvalue weighted by molar-refractivity contribution is 5.94. The number of carbonyl (C=O) groups is 1. The van der Waals surface area contributed by atoms with Crippen LogP contribution in [-0.2, 0) is 6.42 Å². The number of nitrogens with zero attached hydrogens (tertiary/aromatic N) is 2. The molecule has 5 heteroatoms. The zero-order chi connectivity index (χ0) is 21.2. The van der Waals surface area contributed by atoms with Gasteiger partial charge >= 0.3 is 0 Å². The molecule has 1 aliphatic heterocycles. The number of benzene rings is 1. The number of nitrogens with two attached hydrogens (primary N) is 1. The first-order valence-corrected chi connectivity index (χ1v) is 11.5. The van der Waals surface area contributed by atoms with Crippen LogP contribution < -0.4 is 5.73 Å². The van der Waals surface area contributed by atoms with Gasteiger partial charge in [0.05, 0.1) is 0 Å². The van der Waals surface area contributed by atoms with Gasteiger partial charge in [-0.15, -0.1) is 0 Å². The molecule has 0 spiro atoms. The van der Waals surface area contributed by atoms with E-state index in [1.54, 1.807) is 0 Å². The van der Waals surface area contributed by atoms with Gasteiger partial charge in [-0.3, -0.25) is 4.79 Å². The molecule has 0 aromatic heterocycles. The summed E-state index contributed by atoms with van der Waals surface area (Å²) in [6.45, 7) is 4.14. The number of hydrogen-bond donors (Lipinski definition) is 2. The van der Waals surface area contributed by atoms with Crippen LogP contribution in [0.3, 0.4) is 0 Å². The molecule has 0 aliphatic carbocycles. The molecule has 2 rings (SSSR count). The van der Waals surface area contributed by atoms with Gasteiger partial charge in [-0.1, -0.05) is 82.0 Å². The van der Waals surface area contributed by atoms with E-state index in [-0.39, 0.29) is 5.91 Å². The maximum absolute atomic E-state index is 12.3. The van der Waals surface area contributed by atoms with Gasteiger partial charge in [-0.25, -0.2) is 0 Å². The van der Waals surface area contributed by atoms with Gasteiger partial charge in [-0.05, 0) is 43.4 Å². The molecule has 1 heterocycles. The minimum atomic E-state index is 0.211. The molecule has 0 bridgehead atoms. The van der Waals surface area contributed by atoms with Crippen molar-refractivity contribution in [1.29, 1.82) is 0 Å². The third kappa shape index (κ3) is 11.5. The largest absolute Gasteiger partial charge is 0.410 e. The molecular formula is C24H41N3O2. The van der Waals surface area contributed by atoms with Crippen molar-refractivity contribution in [3.8, 4) is 0 Å². The van der Waals surface area contributed by atoms with E-state index in [1.807, 2.05) is 17.0 Å². The van der Waals surface area contributed by atoms with Gasteiger partial charge in [0.1, 0.15) is 6.34 Å². The standard InChI is InChI=1S/C23H37NO.CH4N2O/c1-2-3-4-5-6-7-8-9-10-11-14-21-15-17-22(18-16-21)23(25)24-19-12-13-20-24;2-1-3-4/h15-18H,2-14,19-20H2,1H3;1,4H,(H2,2,3). The molecule has 1 saturated heterocycles. The Bertz CT molecular complexity index is 548. The molecular weight excluding hydrogens is 362 g/mol. The lowest BCUT2D eigenvalue weighted by molar-refractivity contribution is 0.0793. The molecule has 0 unspecified atom stereocenters. The fourth-order valence-electron chi connectivity index (χ4n) is 3.73. The summed E-state index contributed by atoms with van der Waals surface area (Å²) in [5.74, 6) is 0.211. The Morgan fingerprint density at radius 1 is 0.966 bits per heavy atom. The Balaban J connectivity index is 0.000000960. The molecule has 1 aromatic rings. The van der Waals surface area contributed by atoms with Crippen LogP contribution in [-0.4, -0.2) is 35.4 Å². The molecule has 29 heavy (non-hydrogen) atoms. The van der Waals surface area contributed by atoms with Crippen molar-refractivity contribution in [3.05, 3.63) is 35.4 Å². The van der Waals surface area contributed by atoms with Crippen molar-refractivity contribution in [2.45, 2.75) is 90.4 Å². The van der Waals surface area contributed by atoms with Crippen molar-refractivity contribution >= 4 is 12.2 Å². The van der Waals surface area contributed by atoms with Crippen LogP contribution in [0.1, 0.15) is 99.9 Å². The lowest BCUT2D eigenvalue weighted by atomic mass is 10.0. The van der Waals surface area contributed by atoms with Gasteiger partial charge < -0.3 is 15.8 Å². The zero-order valence-corrected chi connectivity index (χ0v) is 18.3. The van der Waals surface area contributed by atoms with Gasteiger partial charge in [-0.2, -0.15) is 0 Å². The van der Waals surface area contributed by atoms with Crippen LogP contribution in [0.2, 0.25) is 0 Å². The number of oxime groups is 1. The third-order valence-electron chi connectivity index (χ3n) is 5.48. The molecule has 164 valence electrons. The van der Waals surface area contributed by atoms with Crippen molar-refractivity contribution in [2.24, 2.45) is 10.9 Å². The first kappa shape index (κ1) is 25.0. The van der Waals surface area contributed by atoms with E-state index in [1.165, 1.54) is 69.8 Å². The normalized spacial score (nSPS) is 13.5. The van der Waals surface area contributed by atoms with Gasteiger partial charge in [0.15, 0.2) is 0 Å². The zero-order valence-electron chi connectivity index (χ0n) is 18.3. The summed E-state index contributed by atoms with van der Waals surface area (Å²) in [6.07, 6.45) is 18.1. The average Bonchev–Trinajstić information content (AvgIpc) is 3.30. The van der Waals surface area contributed by atoms with E-state index in [0.717, 1.165) is 44.3 Å². The van der Waals surface area contributed by atoms with Crippen LogP contribution >= 0.6 is 0 Å². The van der Waals surface area contributed by atoms with E-state index >= 15 is 0 Å². The molecule has 0 saturated carbocycles. The summed E-state index contributed by atoms with van der Waals surface area (Å²) >= 11 is 0. The fraction of sp³-hybridized carbons (Fsp3) is 0.667. The van der Waals surface area contributed by atoms with E-state index in [9.17, 15) is 4.79 Å². The highest BCUT2D eigenvalue weighted by Crippen LogP contribution is 2.16. The molecule has 1 aliphatic rings. The minimum Gasteiger partial charge on any atom is -0.410 e. The van der Waals surface area contributed by atoms with Gasteiger partial charge in [0.2, 0.25) is 0 Å². The Labute approximate surface area is 177 Å². The number of carbonyl (C=O) groups excluding carboxylic acids is 1. The number of amides is 1. The van der Waals surface area contributed by atoms with Gasteiger partial charge in [0.25, 0.3) is 5.91 Å². The van der Waals surface area contributed by atoms with Crippen molar-refractivity contribution < 1.29 is 10.0 Å². The summed E-state index contributed by atoms with van der Waals surface area (Å²) in [4.78, 5) is 14.3. The monoisotopic (exact) mass is 403 g/mol.